The second-order valence-corrected chi connectivity index (χ2v) is 6.84. The van der Waals surface area contributed by atoms with E-state index in [-0.39, 0.29) is 5.91 Å². The quantitative estimate of drug-likeness (QED) is 0.702. The third kappa shape index (κ3) is 5.75. The Kier molecular flexibility index (Phi) is 7.71. The molecule has 0 bridgehead atoms. The summed E-state index contributed by atoms with van der Waals surface area (Å²) in [4.78, 5) is 14.9. The zero-order valence-electron chi connectivity index (χ0n) is 17.2. The summed E-state index contributed by atoms with van der Waals surface area (Å²) < 4.78 is 5.96. The van der Waals surface area contributed by atoms with Crippen molar-refractivity contribution in [2.24, 2.45) is 0 Å². The van der Waals surface area contributed by atoms with E-state index in [0.717, 1.165) is 30.0 Å². The van der Waals surface area contributed by atoms with Crippen molar-refractivity contribution in [2.75, 3.05) is 18.0 Å². The molecule has 0 saturated heterocycles. The zero-order chi connectivity index (χ0) is 19.8. The van der Waals surface area contributed by atoms with Gasteiger partial charge in [-0.25, -0.2) is 0 Å². The van der Waals surface area contributed by atoms with Gasteiger partial charge in [0.2, 0.25) is 0 Å². The molecule has 1 N–H and O–H groups in total. The second kappa shape index (κ2) is 10.0. The van der Waals surface area contributed by atoms with Crippen molar-refractivity contribution in [1.82, 2.24) is 5.32 Å². The molecule has 2 rings (SSSR count). The van der Waals surface area contributed by atoms with Gasteiger partial charge in [-0.05, 0) is 63.4 Å². The minimum atomic E-state index is -0.485. The molecule has 1 atom stereocenters. The van der Waals surface area contributed by atoms with Crippen molar-refractivity contribution in [3.05, 3.63) is 59.2 Å². The molecule has 0 saturated carbocycles. The molecule has 146 valence electrons. The summed E-state index contributed by atoms with van der Waals surface area (Å²) >= 11 is 0. The number of carbonyl (C=O) groups excluding carboxylic acids is 1. The van der Waals surface area contributed by atoms with Crippen LogP contribution in [0.4, 0.5) is 5.69 Å². The van der Waals surface area contributed by atoms with Gasteiger partial charge >= 0.3 is 0 Å². The third-order valence-corrected chi connectivity index (χ3v) is 4.79. The van der Waals surface area contributed by atoms with E-state index >= 15 is 0 Å². The Bertz CT molecular complexity index is 737. The van der Waals surface area contributed by atoms with E-state index in [1.54, 1.807) is 0 Å². The normalized spacial score (nSPS) is 11.7. The average molecular weight is 369 g/mol. The predicted octanol–water partition coefficient (Wildman–Crippen LogP) is 4.62. The summed E-state index contributed by atoms with van der Waals surface area (Å²) in [7, 11) is 0. The highest BCUT2D eigenvalue weighted by molar-refractivity contribution is 5.81. The number of benzene rings is 2. The molecule has 0 heterocycles. The lowest BCUT2D eigenvalue weighted by Crippen LogP contribution is -2.37. The van der Waals surface area contributed by atoms with Gasteiger partial charge in [0.1, 0.15) is 5.75 Å². The first-order valence-corrected chi connectivity index (χ1v) is 9.83. The van der Waals surface area contributed by atoms with E-state index in [4.69, 9.17) is 4.74 Å². The van der Waals surface area contributed by atoms with Gasteiger partial charge in [-0.1, -0.05) is 36.8 Å². The van der Waals surface area contributed by atoms with Gasteiger partial charge in [0.05, 0.1) is 0 Å². The summed E-state index contributed by atoms with van der Waals surface area (Å²) in [6.45, 7) is 12.8. The number of amides is 1. The number of nitrogens with one attached hydrogen (secondary N) is 1. The Morgan fingerprint density at radius 3 is 2.26 bits per heavy atom. The molecule has 0 spiro atoms. The van der Waals surface area contributed by atoms with Crippen LogP contribution in [0.25, 0.3) is 0 Å². The molecular weight excluding hydrogens is 336 g/mol. The first-order chi connectivity index (χ1) is 13.0. The summed E-state index contributed by atoms with van der Waals surface area (Å²) in [5, 5.41) is 3.00. The fourth-order valence-electron chi connectivity index (χ4n) is 3.12. The van der Waals surface area contributed by atoms with E-state index in [0.29, 0.717) is 13.0 Å². The highest BCUT2D eigenvalue weighted by atomic mass is 16.5. The van der Waals surface area contributed by atoms with Gasteiger partial charge in [0.15, 0.2) is 6.10 Å². The largest absolute Gasteiger partial charge is 0.480 e. The topological polar surface area (TPSA) is 41.6 Å². The van der Waals surface area contributed by atoms with Crippen LogP contribution in [-0.2, 0) is 11.3 Å². The van der Waals surface area contributed by atoms with E-state index in [1.807, 2.05) is 32.9 Å². The van der Waals surface area contributed by atoms with Crippen LogP contribution < -0.4 is 15.0 Å². The molecule has 1 amide bonds. The number of hydrogen-bond donors (Lipinski definition) is 1. The second-order valence-electron chi connectivity index (χ2n) is 6.84. The van der Waals surface area contributed by atoms with Crippen molar-refractivity contribution < 1.29 is 9.53 Å². The Morgan fingerprint density at radius 1 is 1.04 bits per heavy atom. The summed E-state index contributed by atoms with van der Waals surface area (Å²) in [5.41, 5.74) is 4.53. The van der Waals surface area contributed by atoms with Crippen LogP contribution in [0.3, 0.4) is 0 Å². The standard InChI is InChI=1S/C23H32N2O2/c1-6-21(27-22-14-9-17(4)15-18(22)5)23(26)24-16-19-10-12-20(13-11-19)25(7-2)8-3/h9-15,21H,6-8,16H2,1-5H3,(H,24,26)/t21-/m0/s1. The molecule has 0 unspecified atom stereocenters. The fourth-order valence-corrected chi connectivity index (χ4v) is 3.12. The first-order valence-electron chi connectivity index (χ1n) is 9.83. The Hall–Kier alpha value is -2.49. The molecule has 0 aliphatic rings. The highest BCUT2D eigenvalue weighted by Crippen LogP contribution is 2.21. The minimum absolute atomic E-state index is 0.0784. The average Bonchev–Trinajstić information content (AvgIpc) is 2.67. The molecule has 4 heteroatoms. The number of hydrogen-bond acceptors (Lipinski definition) is 3. The summed E-state index contributed by atoms with van der Waals surface area (Å²) in [6, 6.07) is 14.4. The molecule has 0 fully saturated rings. The highest BCUT2D eigenvalue weighted by Gasteiger charge is 2.19. The lowest BCUT2D eigenvalue weighted by atomic mass is 10.1. The number of ether oxygens (including phenoxy) is 1. The first kappa shape index (κ1) is 20.8. The van der Waals surface area contributed by atoms with Gasteiger partial charge in [-0.3, -0.25) is 4.79 Å². The van der Waals surface area contributed by atoms with Crippen LogP contribution in [0.2, 0.25) is 0 Å². The fraction of sp³-hybridized carbons (Fsp3) is 0.435. The molecule has 4 nitrogen and oxygen atoms in total. The van der Waals surface area contributed by atoms with Crippen LogP contribution in [0.5, 0.6) is 5.75 Å². The molecule has 0 radical (unpaired) electrons. The minimum Gasteiger partial charge on any atom is -0.480 e. The number of nitrogens with zero attached hydrogens (tertiary/aromatic N) is 1. The molecule has 0 aliphatic carbocycles. The molecule has 2 aromatic rings. The Labute approximate surface area is 163 Å². The maximum Gasteiger partial charge on any atom is 0.261 e. The number of aryl methyl sites for hydroxylation is 2. The lowest BCUT2D eigenvalue weighted by Gasteiger charge is -2.21. The van der Waals surface area contributed by atoms with Crippen LogP contribution in [-0.4, -0.2) is 25.1 Å². The van der Waals surface area contributed by atoms with Crippen molar-refractivity contribution >= 4 is 11.6 Å². The Balaban J connectivity index is 1.94. The van der Waals surface area contributed by atoms with Gasteiger partial charge in [-0.2, -0.15) is 0 Å². The number of carbonyl (C=O) groups is 1. The SMILES string of the molecule is CC[C@H](Oc1ccc(C)cc1C)C(=O)NCc1ccc(N(CC)CC)cc1. The molecule has 2 aromatic carbocycles. The zero-order valence-corrected chi connectivity index (χ0v) is 17.2. The van der Waals surface area contributed by atoms with Crippen LogP contribution in [0.1, 0.15) is 43.9 Å². The summed E-state index contributed by atoms with van der Waals surface area (Å²) in [6.07, 6.45) is 0.140. The van der Waals surface area contributed by atoms with E-state index in [1.165, 1.54) is 11.3 Å². The Morgan fingerprint density at radius 2 is 1.70 bits per heavy atom. The maximum atomic E-state index is 12.6. The van der Waals surface area contributed by atoms with Gasteiger partial charge < -0.3 is 15.0 Å². The predicted molar refractivity (Wildman–Crippen MR) is 112 cm³/mol. The molecular formula is C23H32N2O2. The van der Waals surface area contributed by atoms with Gasteiger partial charge in [0.25, 0.3) is 5.91 Å². The van der Waals surface area contributed by atoms with Crippen molar-refractivity contribution in [3.8, 4) is 5.75 Å². The molecule has 27 heavy (non-hydrogen) atoms. The van der Waals surface area contributed by atoms with Gasteiger partial charge in [-0.15, -0.1) is 0 Å². The van der Waals surface area contributed by atoms with Gasteiger partial charge in [0, 0.05) is 25.3 Å². The third-order valence-electron chi connectivity index (χ3n) is 4.79. The number of anilines is 1. The van der Waals surface area contributed by atoms with Crippen molar-refractivity contribution in [2.45, 2.75) is 53.7 Å². The van der Waals surface area contributed by atoms with E-state index in [2.05, 4.69) is 54.4 Å². The smallest absolute Gasteiger partial charge is 0.261 e. The maximum absolute atomic E-state index is 12.6. The van der Waals surface area contributed by atoms with E-state index < -0.39 is 6.10 Å². The monoisotopic (exact) mass is 368 g/mol. The molecule has 0 aliphatic heterocycles. The lowest BCUT2D eigenvalue weighted by molar-refractivity contribution is -0.128. The van der Waals surface area contributed by atoms with Crippen LogP contribution in [0.15, 0.2) is 42.5 Å². The van der Waals surface area contributed by atoms with Crippen molar-refractivity contribution in [3.63, 3.8) is 0 Å². The van der Waals surface area contributed by atoms with Crippen LogP contribution in [0, 0.1) is 13.8 Å². The van der Waals surface area contributed by atoms with Crippen molar-refractivity contribution in [1.29, 1.82) is 0 Å². The molecule has 0 aromatic heterocycles. The van der Waals surface area contributed by atoms with Crippen LogP contribution >= 0.6 is 0 Å². The number of rotatable bonds is 9. The summed E-state index contributed by atoms with van der Waals surface area (Å²) in [5.74, 6) is 0.691. The van der Waals surface area contributed by atoms with E-state index in [9.17, 15) is 4.79 Å².